The molecule has 33 heavy (non-hydrogen) atoms. The van der Waals surface area contributed by atoms with Gasteiger partial charge in [0.25, 0.3) is 0 Å². The molecule has 0 radical (unpaired) electrons. The number of esters is 1. The molecule has 3 aromatic carbocycles. The lowest BCUT2D eigenvalue weighted by Crippen LogP contribution is -2.42. The highest BCUT2D eigenvalue weighted by Gasteiger charge is 2.46. The highest BCUT2D eigenvalue weighted by Crippen LogP contribution is 2.41. The lowest BCUT2D eigenvalue weighted by Gasteiger charge is -2.37. The molecule has 0 saturated carbocycles. The Labute approximate surface area is 194 Å². The van der Waals surface area contributed by atoms with Gasteiger partial charge in [-0.2, -0.15) is 0 Å². The second-order valence-corrected chi connectivity index (χ2v) is 8.80. The number of benzene rings is 3. The predicted molar refractivity (Wildman–Crippen MR) is 129 cm³/mol. The van der Waals surface area contributed by atoms with Crippen molar-refractivity contribution in [3.63, 3.8) is 0 Å². The van der Waals surface area contributed by atoms with Crippen molar-refractivity contribution in [2.75, 3.05) is 0 Å². The Bertz CT molecular complexity index is 1160. The third kappa shape index (κ3) is 4.61. The predicted octanol–water partition coefficient (Wildman–Crippen LogP) is 6.12. The van der Waals surface area contributed by atoms with Crippen LogP contribution >= 0.6 is 0 Å². The second kappa shape index (κ2) is 9.45. The number of hydrogen-bond acceptors (Lipinski definition) is 4. The molecule has 4 heteroatoms. The van der Waals surface area contributed by atoms with E-state index < -0.39 is 17.4 Å². The van der Waals surface area contributed by atoms with Crippen molar-refractivity contribution in [2.24, 2.45) is 0 Å². The first-order valence-corrected chi connectivity index (χ1v) is 11.3. The van der Waals surface area contributed by atoms with E-state index in [1.165, 1.54) is 0 Å². The van der Waals surface area contributed by atoms with Crippen molar-refractivity contribution in [3.05, 3.63) is 113 Å². The van der Waals surface area contributed by atoms with Crippen molar-refractivity contribution in [1.29, 1.82) is 0 Å². The minimum atomic E-state index is -1.08. The Morgan fingerprint density at radius 2 is 1.52 bits per heavy atom. The average molecular weight is 441 g/mol. The topological polar surface area (TPSA) is 63.6 Å². The molecule has 0 aliphatic carbocycles. The third-order valence-corrected chi connectivity index (χ3v) is 6.25. The van der Waals surface area contributed by atoms with E-state index in [0.29, 0.717) is 18.4 Å². The number of carbonyl (C=O) groups excluding carboxylic acids is 2. The maximum atomic E-state index is 13.4. The molecule has 1 unspecified atom stereocenters. The van der Waals surface area contributed by atoms with Gasteiger partial charge in [0.05, 0.1) is 6.42 Å². The Hall–Kier alpha value is -3.66. The van der Waals surface area contributed by atoms with E-state index >= 15 is 0 Å². The fraction of sp³-hybridized carbons (Fsp3) is 0.241. The first kappa shape index (κ1) is 22.5. The summed E-state index contributed by atoms with van der Waals surface area (Å²) in [6.07, 6.45) is 1.10. The molecule has 1 fully saturated rings. The third-order valence-electron chi connectivity index (χ3n) is 6.25. The number of cyclic esters (lactones) is 1. The van der Waals surface area contributed by atoms with Crippen LogP contribution in [0.25, 0.3) is 5.76 Å². The Morgan fingerprint density at radius 3 is 2.15 bits per heavy atom. The van der Waals surface area contributed by atoms with E-state index in [1.54, 1.807) is 12.1 Å². The zero-order valence-electron chi connectivity index (χ0n) is 19.0. The number of hydrogen-bond donors (Lipinski definition) is 1. The van der Waals surface area contributed by atoms with Crippen LogP contribution in [-0.2, 0) is 26.3 Å². The van der Waals surface area contributed by atoms with E-state index in [2.05, 4.69) is 0 Å². The van der Waals surface area contributed by atoms with Crippen LogP contribution in [0.4, 0.5) is 0 Å². The minimum Gasteiger partial charge on any atom is -0.506 e. The average Bonchev–Trinajstić information content (AvgIpc) is 2.83. The number of carbonyl (C=O) groups is 2. The molecule has 0 spiro atoms. The fourth-order valence-corrected chi connectivity index (χ4v) is 4.48. The first-order chi connectivity index (χ1) is 15.9. The number of aliphatic hydroxyl groups is 1. The molecule has 168 valence electrons. The Morgan fingerprint density at radius 1 is 0.909 bits per heavy atom. The van der Waals surface area contributed by atoms with E-state index in [4.69, 9.17) is 4.74 Å². The van der Waals surface area contributed by atoms with Crippen LogP contribution in [0.2, 0.25) is 0 Å². The summed E-state index contributed by atoms with van der Waals surface area (Å²) in [7, 11) is 0. The summed E-state index contributed by atoms with van der Waals surface area (Å²) in [4.78, 5) is 26.6. The summed E-state index contributed by atoms with van der Waals surface area (Å²) >= 11 is 0. The van der Waals surface area contributed by atoms with Gasteiger partial charge >= 0.3 is 5.97 Å². The fourth-order valence-electron chi connectivity index (χ4n) is 4.48. The normalized spacial score (nSPS) is 20.0. The van der Waals surface area contributed by atoms with E-state index in [1.807, 2.05) is 86.6 Å². The van der Waals surface area contributed by atoms with Crippen LogP contribution in [0.5, 0.6) is 0 Å². The summed E-state index contributed by atoms with van der Waals surface area (Å²) in [5.74, 6) is -1.37. The molecule has 1 aliphatic rings. The molecular weight excluding hydrogens is 412 g/mol. The van der Waals surface area contributed by atoms with E-state index in [0.717, 1.165) is 16.7 Å². The largest absolute Gasteiger partial charge is 0.506 e. The monoisotopic (exact) mass is 440 g/mol. The van der Waals surface area contributed by atoms with Gasteiger partial charge in [-0.05, 0) is 35.4 Å². The SMILES string of the molecule is CC(C)c1ccccc1/C(O)=C1/C(=O)CC(CCc2ccccc2)(c2ccccc2)OC1=O. The molecule has 3 aromatic rings. The molecule has 0 amide bonds. The standard InChI is InChI=1S/C29H28O4/c1-20(2)23-15-9-10-16-24(23)27(31)26-25(30)19-29(33-28(26)32,22-13-7-4-8-14-22)18-17-21-11-5-3-6-12-21/h3-16,20,31H,17-19H2,1-2H3/b27-26+. The number of Topliss-reactive ketones (excluding diaryl/α,β-unsaturated/α-hetero) is 1. The summed E-state index contributed by atoms with van der Waals surface area (Å²) in [6.45, 7) is 4.00. The minimum absolute atomic E-state index is 0.0151. The Kier molecular flexibility index (Phi) is 6.45. The molecule has 1 atom stereocenters. The van der Waals surface area contributed by atoms with Crippen LogP contribution in [0.15, 0.2) is 90.5 Å². The lowest BCUT2D eigenvalue weighted by atomic mass is 9.79. The second-order valence-electron chi connectivity index (χ2n) is 8.80. The molecule has 0 aromatic heterocycles. The van der Waals surface area contributed by atoms with Gasteiger partial charge in [0.15, 0.2) is 5.78 Å². The molecule has 4 rings (SSSR count). The first-order valence-electron chi connectivity index (χ1n) is 11.3. The summed E-state index contributed by atoms with van der Waals surface area (Å²) in [5.41, 5.74) is 1.90. The zero-order chi connectivity index (χ0) is 23.4. The van der Waals surface area contributed by atoms with Gasteiger partial charge in [0.2, 0.25) is 0 Å². The van der Waals surface area contributed by atoms with Crippen molar-refractivity contribution in [2.45, 2.75) is 44.6 Å². The number of rotatable bonds is 6. The van der Waals surface area contributed by atoms with Crippen LogP contribution in [0.3, 0.4) is 0 Å². The van der Waals surface area contributed by atoms with E-state index in [-0.39, 0.29) is 23.7 Å². The smallest absolute Gasteiger partial charge is 0.346 e. The molecule has 1 saturated heterocycles. The molecule has 4 nitrogen and oxygen atoms in total. The number of aliphatic hydroxyl groups excluding tert-OH is 1. The molecule has 1 aliphatic heterocycles. The highest BCUT2D eigenvalue weighted by molar-refractivity contribution is 6.23. The highest BCUT2D eigenvalue weighted by atomic mass is 16.6. The number of ketones is 1. The quantitative estimate of drug-likeness (QED) is 0.217. The van der Waals surface area contributed by atoms with Gasteiger partial charge in [-0.15, -0.1) is 0 Å². The number of ether oxygens (including phenoxy) is 1. The summed E-state index contributed by atoms with van der Waals surface area (Å²) in [6, 6.07) is 26.6. The zero-order valence-corrected chi connectivity index (χ0v) is 19.0. The van der Waals surface area contributed by atoms with Crippen molar-refractivity contribution >= 4 is 17.5 Å². The van der Waals surface area contributed by atoms with E-state index in [9.17, 15) is 14.7 Å². The maximum absolute atomic E-state index is 13.4. The van der Waals surface area contributed by atoms with Crippen LogP contribution < -0.4 is 0 Å². The summed E-state index contributed by atoms with van der Waals surface area (Å²) < 4.78 is 6.03. The van der Waals surface area contributed by atoms with Gasteiger partial charge in [0.1, 0.15) is 16.9 Å². The lowest BCUT2D eigenvalue weighted by molar-refractivity contribution is -0.165. The Balaban J connectivity index is 1.72. The number of aryl methyl sites for hydroxylation is 1. The van der Waals surface area contributed by atoms with Gasteiger partial charge in [-0.3, -0.25) is 4.79 Å². The van der Waals surface area contributed by atoms with Crippen molar-refractivity contribution < 1.29 is 19.4 Å². The molecule has 1 heterocycles. The molecule has 1 N–H and O–H groups in total. The van der Waals surface area contributed by atoms with Crippen LogP contribution in [0.1, 0.15) is 54.9 Å². The maximum Gasteiger partial charge on any atom is 0.346 e. The van der Waals surface area contributed by atoms with Gasteiger partial charge < -0.3 is 9.84 Å². The van der Waals surface area contributed by atoms with Crippen molar-refractivity contribution in [3.8, 4) is 0 Å². The summed E-state index contributed by atoms with van der Waals surface area (Å²) in [5, 5.41) is 11.0. The van der Waals surface area contributed by atoms with Crippen LogP contribution in [0, 0.1) is 0 Å². The van der Waals surface area contributed by atoms with Gasteiger partial charge in [-0.25, -0.2) is 4.79 Å². The van der Waals surface area contributed by atoms with Gasteiger partial charge in [-0.1, -0.05) is 98.8 Å². The van der Waals surface area contributed by atoms with Gasteiger partial charge in [0, 0.05) is 5.56 Å². The van der Waals surface area contributed by atoms with Crippen molar-refractivity contribution in [1.82, 2.24) is 0 Å². The molecular formula is C29H28O4. The molecule has 0 bridgehead atoms. The van der Waals surface area contributed by atoms with Crippen LogP contribution in [-0.4, -0.2) is 16.9 Å².